The molecule has 0 saturated carbocycles. The third kappa shape index (κ3) is 3.08. The van der Waals surface area contributed by atoms with E-state index in [0.29, 0.717) is 11.6 Å². The van der Waals surface area contributed by atoms with Crippen molar-refractivity contribution in [3.63, 3.8) is 0 Å². The summed E-state index contributed by atoms with van der Waals surface area (Å²) in [5.41, 5.74) is 4.78. The van der Waals surface area contributed by atoms with Gasteiger partial charge in [0, 0.05) is 25.4 Å². The molecule has 0 radical (unpaired) electrons. The normalized spacial score (nSPS) is 14.5. The zero-order valence-electron chi connectivity index (χ0n) is 16.6. The number of fused-ring (bicyclic) bond motifs is 2. The van der Waals surface area contributed by atoms with Crippen molar-refractivity contribution in [2.75, 3.05) is 32.3 Å². The van der Waals surface area contributed by atoms with E-state index in [2.05, 4.69) is 22.1 Å². The maximum absolute atomic E-state index is 6.60. The van der Waals surface area contributed by atoms with Gasteiger partial charge >= 0.3 is 0 Å². The number of anilines is 2. The van der Waals surface area contributed by atoms with Crippen LogP contribution in [0.25, 0.3) is 11.0 Å². The number of aromatic nitrogens is 4. The van der Waals surface area contributed by atoms with Crippen molar-refractivity contribution in [1.29, 1.82) is 0 Å². The Morgan fingerprint density at radius 1 is 1.25 bits per heavy atom. The van der Waals surface area contributed by atoms with Crippen LogP contribution >= 0.6 is 11.6 Å². The number of pyridine rings is 1. The second-order valence-corrected chi connectivity index (χ2v) is 7.43. The molecule has 28 heavy (non-hydrogen) atoms. The van der Waals surface area contributed by atoms with Gasteiger partial charge in [-0.15, -0.1) is 5.10 Å². The van der Waals surface area contributed by atoms with Gasteiger partial charge in [-0.25, -0.2) is 9.67 Å². The molecule has 0 spiro atoms. The summed E-state index contributed by atoms with van der Waals surface area (Å²) in [7, 11) is 3.36. The first-order valence-electron chi connectivity index (χ1n) is 9.42. The van der Waals surface area contributed by atoms with E-state index in [1.165, 1.54) is 0 Å². The van der Waals surface area contributed by atoms with Crippen molar-refractivity contribution in [1.82, 2.24) is 20.0 Å². The highest BCUT2D eigenvalue weighted by Crippen LogP contribution is 2.43. The number of ether oxygens (including phenoxy) is 2. The van der Waals surface area contributed by atoms with Gasteiger partial charge in [0.15, 0.2) is 11.3 Å². The summed E-state index contributed by atoms with van der Waals surface area (Å²) in [6.07, 6.45) is 1.78. The molecule has 1 aliphatic heterocycles. The minimum Gasteiger partial charge on any atom is -0.497 e. The lowest BCUT2D eigenvalue weighted by Crippen LogP contribution is -2.17. The first-order chi connectivity index (χ1) is 13.6. The van der Waals surface area contributed by atoms with Crippen LogP contribution in [0.3, 0.4) is 0 Å². The first kappa shape index (κ1) is 19.0. The summed E-state index contributed by atoms with van der Waals surface area (Å²) in [5, 5.41) is 9.56. The maximum Gasteiger partial charge on any atom is 0.163 e. The average molecular weight is 402 g/mol. The number of hydrogen-bond donors (Lipinski definition) is 0. The Hall–Kier alpha value is -2.38. The van der Waals surface area contributed by atoms with E-state index < -0.39 is 0 Å². The predicted octanol–water partition coefficient (Wildman–Crippen LogP) is 4.09. The molecule has 0 saturated heterocycles. The van der Waals surface area contributed by atoms with Crippen LogP contribution in [-0.4, -0.2) is 47.3 Å². The molecule has 3 heterocycles. The van der Waals surface area contributed by atoms with Crippen molar-refractivity contribution in [2.24, 2.45) is 0 Å². The molecule has 2 aromatic heterocycles. The lowest BCUT2D eigenvalue weighted by molar-refractivity contribution is 0.148. The average Bonchev–Trinajstić information content (AvgIpc) is 3.30. The maximum atomic E-state index is 6.60. The Bertz CT molecular complexity index is 1020. The van der Waals surface area contributed by atoms with Crippen LogP contribution in [0.2, 0.25) is 5.02 Å². The van der Waals surface area contributed by atoms with Crippen LogP contribution < -0.4 is 9.64 Å². The molecule has 148 valence electrons. The number of hydrogen-bond acceptors (Lipinski definition) is 6. The predicted molar refractivity (Wildman–Crippen MR) is 110 cm³/mol. The molecule has 1 aromatic carbocycles. The molecule has 0 unspecified atom stereocenters. The Labute approximate surface area is 169 Å². The number of rotatable bonds is 6. The van der Waals surface area contributed by atoms with Crippen LogP contribution in [0.4, 0.5) is 11.5 Å². The van der Waals surface area contributed by atoms with Gasteiger partial charge in [0.25, 0.3) is 0 Å². The van der Waals surface area contributed by atoms with Gasteiger partial charge in [0.2, 0.25) is 0 Å². The number of aryl methyl sites for hydroxylation is 1. The van der Waals surface area contributed by atoms with E-state index in [1.54, 1.807) is 14.2 Å². The molecule has 7 nitrogen and oxygen atoms in total. The van der Waals surface area contributed by atoms with Gasteiger partial charge in [-0.3, -0.25) is 0 Å². The highest BCUT2D eigenvalue weighted by Gasteiger charge is 2.28. The zero-order valence-corrected chi connectivity index (χ0v) is 17.3. The van der Waals surface area contributed by atoms with Crippen LogP contribution in [0.1, 0.15) is 30.6 Å². The molecule has 4 rings (SSSR count). The van der Waals surface area contributed by atoms with Crippen LogP contribution in [0.5, 0.6) is 5.75 Å². The van der Waals surface area contributed by atoms with E-state index in [9.17, 15) is 0 Å². The van der Waals surface area contributed by atoms with Crippen molar-refractivity contribution in [3.8, 4) is 5.75 Å². The topological polar surface area (TPSA) is 65.3 Å². The molecule has 0 fully saturated rings. The summed E-state index contributed by atoms with van der Waals surface area (Å²) < 4.78 is 12.7. The molecule has 1 aliphatic rings. The quantitative estimate of drug-likeness (QED) is 0.619. The SMILES string of the molecule is CC[C@@H](COC)n1nnc2c(N3CCc4cc(OC)cc(Cl)c43)nc(C)cc21. The monoisotopic (exact) mass is 401 g/mol. The number of halogens is 1. The Morgan fingerprint density at radius 3 is 2.79 bits per heavy atom. The van der Waals surface area contributed by atoms with Crippen molar-refractivity contribution in [2.45, 2.75) is 32.7 Å². The minimum atomic E-state index is 0.128. The Kier molecular flexibility index (Phi) is 5.12. The molecule has 0 aliphatic carbocycles. The van der Waals surface area contributed by atoms with E-state index in [4.69, 9.17) is 26.1 Å². The highest BCUT2D eigenvalue weighted by molar-refractivity contribution is 6.34. The fourth-order valence-corrected chi connectivity index (χ4v) is 4.18. The number of methoxy groups -OCH3 is 2. The Balaban J connectivity index is 1.85. The lowest BCUT2D eigenvalue weighted by atomic mass is 10.1. The summed E-state index contributed by atoms with van der Waals surface area (Å²) in [6, 6.07) is 6.04. The fourth-order valence-electron chi connectivity index (χ4n) is 3.85. The minimum absolute atomic E-state index is 0.128. The third-order valence-electron chi connectivity index (χ3n) is 5.23. The largest absolute Gasteiger partial charge is 0.497 e. The molecular formula is C20H24ClN5O2. The smallest absolute Gasteiger partial charge is 0.163 e. The van der Waals surface area contributed by atoms with Crippen molar-refractivity contribution in [3.05, 3.63) is 34.5 Å². The van der Waals surface area contributed by atoms with Crippen LogP contribution in [0, 0.1) is 6.92 Å². The fraction of sp³-hybridized carbons (Fsp3) is 0.450. The highest BCUT2D eigenvalue weighted by atomic mass is 35.5. The zero-order chi connectivity index (χ0) is 19.8. The Morgan fingerprint density at radius 2 is 2.07 bits per heavy atom. The third-order valence-corrected chi connectivity index (χ3v) is 5.52. The van der Waals surface area contributed by atoms with Crippen LogP contribution in [0.15, 0.2) is 18.2 Å². The molecule has 0 N–H and O–H groups in total. The van der Waals surface area contributed by atoms with E-state index in [-0.39, 0.29) is 6.04 Å². The second kappa shape index (κ2) is 7.56. The second-order valence-electron chi connectivity index (χ2n) is 7.02. The van der Waals surface area contributed by atoms with Crippen molar-refractivity contribution < 1.29 is 9.47 Å². The molecule has 0 bridgehead atoms. The molecule has 3 aromatic rings. The molecular weight excluding hydrogens is 378 g/mol. The summed E-state index contributed by atoms with van der Waals surface area (Å²) in [4.78, 5) is 6.94. The molecule has 1 atom stereocenters. The van der Waals surface area contributed by atoms with Gasteiger partial charge in [0.05, 0.1) is 36.0 Å². The number of nitrogens with zero attached hydrogens (tertiary/aromatic N) is 5. The summed E-state index contributed by atoms with van der Waals surface area (Å²) >= 11 is 6.60. The summed E-state index contributed by atoms with van der Waals surface area (Å²) in [6.45, 7) is 5.49. The first-order valence-corrected chi connectivity index (χ1v) is 9.80. The number of benzene rings is 1. The van der Waals surface area contributed by atoms with Gasteiger partial charge in [-0.05, 0) is 37.5 Å². The van der Waals surface area contributed by atoms with Crippen molar-refractivity contribution >= 4 is 34.1 Å². The van der Waals surface area contributed by atoms with Gasteiger partial charge in [-0.2, -0.15) is 0 Å². The van der Waals surface area contributed by atoms with E-state index >= 15 is 0 Å². The van der Waals surface area contributed by atoms with Gasteiger partial charge in [0.1, 0.15) is 5.75 Å². The van der Waals surface area contributed by atoms with Gasteiger partial charge in [-0.1, -0.05) is 23.7 Å². The van der Waals surface area contributed by atoms with E-state index in [0.717, 1.165) is 58.9 Å². The lowest BCUT2D eigenvalue weighted by Gasteiger charge is -2.21. The van der Waals surface area contributed by atoms with Crippen LogP contribution in [-0.2, 0) is 11.2 Å². The summed E-state index contributed by atoms with van der Waals surface area (Å²) in [5.74, 6) is 1.56. The van der Waals surface area contributed by atoms with Gasteiger partial charge < -0.3 is 14.4 Å². The molecule has 8 heteroatoms. The molecule has 0 amide bonds. The standard InChI is InChI=1S/C20H24ClN5O2/c1-5-14(11-27-3)26-17-8-12(2)22-20(18(17)23-24-26)25-7-6-13-9-15(28-4)10-16(21)19(13)25/h8-10,14H,5-7,11H2,1-4H3/t14-/m0/s1. The van der Waals surface area contributed by atoms with E-state index in [1.807, 2.05) is 29.8 Å².